The maximum absolute atomic E-state index is 10.8. The zero-order valence-electron chi connectivity index (χ0n) is 43.0. The van der Waals surface area contributed by atoms with Crippen molar-refractivity contribution in [1.82, 2.24) is 0 Å². The van der Waals surface area contributed by atoms with Crippen molar-refractivity contribution in [3.05, 3.63) is 83.9 Å². The summed E-state index contributed by atoms with van der Waals surface area (Å²) in [6.07, 6.45) is 11.8. The lowest BCUT2D eigenvalue weighted by Gasteiger charge is -2.32. The molecule has 2 aliphatic heterocycles. The molecule has 18 atom stereocenters. The van der Waals surface area contributed by atoms with Crippen molar-refractivity contribution in [3.8, 4) is 0 Å². The minimum atomic E-state index is -0.750. The Hall–Kier alpha value is -2.42. The first-order chi connectivity index (χ1) is 31.3. The molecule has 2 aromatic rings. The fourth-order valence-corrected chi connectivity index (χ4v) is 9.84. The lowest BCUT2D eigenvalue weighted by molar-refractivity contribution is -0.137. The van der Waals surface area contributed by atoms with Crippen LogP contribution < -0.4 is 0 Å². The van der Waals surface area contributed by atoms with Crippen LogP contribution in [0.5, 0.6) is 0 Å². The predicted molar refractivity (Wildman–Crippen MR) is 268 cm³/mol. The Morgan fingerprint density at radius 3 is 1.30 bits per heavy atom. The SMILES string of the molecule is CO[C@@H]1C[C@@H](C)[C@H]([C@@H](C)[C@H](O)/C=C/[C@H](C)C(C)[C@H](C)[C@@H](C)CCc2ccccc2)O1.CO[C@@H]1C[C@@H](C)[C@H]([C@@H](C)[C@H](O)CC[C@H](C)C(C)[C@H](C)[C@@H](C)CCc2ccccc2)O1.O=S=O.O=S=O. The lowest BCUT2D eigenvalue weighted by atomic mass is 9.74. The topological polar surface area (TPSA) is 146 Å². The normalized spacial score (nSPS) is 25.9. The number of methoxy groups -OCH3 is 2. The Morgan fingerprint density at radius 2 is 0.924 bits per heavy atom. The highest BCUT2D eigenvalue weighted by Gasteiger charge is 2.39. The van der Waals surface area contributed by atoms with Gasteiger partial charge in [0.2, 0.25) is 0 Å². The zero-order valence-corrected chi connectivity index (χ0v) is 44.6. The number of hydrogen-bond acceptors (Lipinski definition) is 10. The fourth-order valence-electron chi connectivity index (χ4n) is 9.84. The van der Waals surface area contributed by atoms with Crippen LogP contribution in [0, 0.1) is 71.0 Å². The van der Waals surface area contributed by atoms with E-state index in [2.05, 4.69) is 150 Å². The van der Waals surface area contributed by atoms with Crippen LogP contribution in [-0.2, 0) is 54.9 Å². The Balaban J connectivity index is 0.000000589. The summed E-state index contributed by atoms with van der Waals surface area (Å²) in [6.45, 7) is 27.5. The van der Waals surface area contributed by atoms with Crippen LogP contribution in [0.1, 0.15) is 133 Å². The molecule has 0 aliphatic carbocycles. The molecule has 66 heavy (non-hydrogen) atoms. The van der Waals surface area contributed by atoms with Crippen LogP contribution in [0.3, 0.4) is 0 Å². The number of rotatable bonds is 23. The van der Waals surface area contributed by atoms with Crippen molar-refractivity contribution in [3.63, 3.8) is 0 Å². The number of benzene rings is 2. The van der Waals surface area contributed by atoms with Gasteiger partial charge in [0.15, 0.2) is 12.6 Å². The van der Waals surface area contributed by atoms with Crippen LogP contribution in [0.25, 0.3) is 0 Å². The molecular weight excluding hydrogens is 873 g/mol. The standard InChI is InChI=1S/C27H46O3.C27H44O3.2O2S/c2*1-18(13-15-24-11-9-8-10-12-24)21(4)22(5)19(2)14-16-25(28)23(6)27-20(3)17-26(29-7)30-27;2*1-3-2/h8-12,18-23,25-28H,13-17H2,1-7H3;8-12,14,16,18-23,25-28H,13,15,17H2,1-7H3;;/b;16-14+;;/t2*18-,19-,20+,21+,22?,23-,25+,26-,27+;;/m00../s1. The molecule has 0 bridgehead atoms. The molecule has 10 nitrogen and oxygen atoms in total. The number of aliphatic hydroxyl groups excluding tert-OH is 2. The highest BCUT2D eigenvalue weighted by molar-refractivity contribution is 7.51. The monoisotopic (exact) mass is 963 g/mol. The number of ether oxygens (including phenoxy) is 4. The van der Waals surface area contributed by atoms with Crippen LogP contribution in [0.15, 0.2) is 72.8 Å². The second-order valence-electron chi connectivity index (χ2n) is 20.1. The fraction of sp³-hybridized carbons (Fsp3) is 0.741. The van der Waals surface area contributed by atoms with Gasteiger partial charge < -0.3 is 29.2 Å². The van der Waals surface area contributed by atoms with Crippen molar-refractivity contribution < 1.29 is 46.0 Å². The highest BCUT2D eigenvalue weighted by Crippen LogP contribution is 2.37. The lowest BCUT2D eigenvalue weighted by Crippen LogP contribution is -2.33. The smallest absolute Gasteiger partial charge is 0.335 e. The molecule has 0 saturated carbocycles. The van der Waals surface area contributed by atoms with Crippen LogP contribution >= 0.6 is 0 Å². The third-order valence-electron chi connectivity index (χ3n) is 15.7. The van der Waals surface area contributed by atoms with E-state index >= 15 is 0 Å². The molecule has 0 amide bonds. The number of hydrogen-bond donors (Lipinski definition) is 2. The van der Waals surface area contributed by atoms with E-state index in [1.54, 1.807) is 14.2 Å². The summed E-state index contributed by atoms with van der Waals surface area (Å²) < 4.78 is 55.9. The number of allylic oxidation sites excluding steroid dienone is 1. The van der Waals surface area contributed by atoms with E-state index < -0.39 is 29.2 Å². The van der Waals surface area contributed by atoms with E-state index in [0.29, 0.717) is 59.2 Å². The quantitative estimate of drug-likeness (QED) is 0.103. The molecule has 2 heterocycles. The summed E-state index contributed by atoms with van der Waals surface area (Å²) >= 11 is -1.50. The van der Waals surface area contributed by atoms with Gasteiger partial charge in [-0.2, -0.15) is 16.8 Å². The van der Waals surface area contributed by atoms with E-state index in [1.165, 1.54) is 24.0 Å². The summed E-state index contributed by atoms with van der Waals surface area (Å²) in [4.78, 5) is 0. The molecule has 2 fully saturated rings. The molecule has 2 N–H and O–H groups in total. The van der Waals surface area contributed by atoms with E-state index in [0.717, 1.165) is 38.5 Å². The van der Waals surface area contributed by atoms with Crippen molar-refractivity contribution in [2.45, 2.75) is 171 Å². The minimum Gasteiger partial charge on any atom is -0.393 e. The second kappa shape index (κ2) is 34.0. The van der Waals surface area contributed by atoms with Crippen molar-refractivity contribution in [2.75, 3.05) is 14.2 Å². The number of aryl methyl sites for hydroxylation is 2. The molecule has 0 radical (unpaired) electrons. The van der Waals surface area contributed by atoms with Gasteiger partial charge in [-0.3, -0.25) is 0 Å². The first-order valence-electron chi connectivity index (χ1n) is 24.6. The first kappa shape index (κ1) is 61.6. The van der Waals surface area contributed by atoms with Gasteiger partial charge >= 0.3 is 23.1 Å². The van der Waals surface area contributed by atoms with Gasteiger partial charge in [0.1, 0.15) is 0 Å². The van der Waals surface area contributed by atoms with Gasteiger partial charge in [-0.15, -0.1) is 0 Å². The summed E-state index contributed by atoms with van der Waals surface area (Å²) in [7, 11) is 3.39. The first-order valence-corrected chi connectivity index (χ1v) is 26.0. The number of aliphatic hydroxyl groups is 2. The molecule has 4 rings (SSSR count). The molecule has 378 valence electrons. The van der Waals surface area contributed by atoms with Gasteiger partial charge in [-0.05, 0) is 109 Å². The predicted octanol–water partition coefficient (Wildman–Crippen LogP) is 11.1. The van der Waals surface area contributed by atoms with Crippen LogP contribution in [0.2, 0.25) is 0 Å². The van der Waals surface area contributed by atoms with Crippen molar-refractivity contribution >= 4 is 23.1 Å². The van der Waals surface area contributed by atoms with Crippen molar-refractivity contribution in [2.24, 2.45) is 71.0 Å². The van der Waals surface area contributed by atoms with Crippen LogP contribution in [0.4, 0.5) is 0 Å². The van der Waals surface area contributed by atoms with E-state index in [4.69, 9.17) is 35.8 Å². The molecule has 2 aliphatic rings. The van der Waals surface area contributed by atoms with Gasteiger partial charge in [0.25, 0.3) is 0 Å². The minimum absolute atomic E-state index is 0.0410. The van der Waals surface area contributed by atoms with E-state index in [9.17, 15) is 10.2 Å². The highest BCUT2D eigenvalue weighted by atomic mass is 32.1. The van der Waals surface area contributed by atoms with Crippen LogP contribution in [-0.4, -0.2) is 78.3 Å². The average Bonchev–Trinajstić information content (AvgIpc) is 3.91. The maximum Gasteiger partial charge on any atom is 0.335 e. The largest absolute Gasteiger partial charge is 0.393 e. The average molecular weight is 963 g/mol. The molecule has 0 spiro atoms. The second-order valence-corrected chi connectivity index (χ2v) is 20.4. The Morgan fingerprint density at radius 1 is 0.561 bits per heavy atom. The van der Waals surface area contributed by atoms with E-state index in [1.807, 2.05) is 6.08 Å². The van der Waals surface area contributed by atoms with Gasteiger partial charge in [0.05, 0.1) is 24.4 Å². The third kappa shape index (κ3) is 21.9. The Bertz CT molecular complexity index is 1630. The van der Waals surface area contributed by atoms with Gasteiger partial charge in [-0.1, -0.05) is 156 Å². The summed E-state index contributed by atoms with van der Waals surface area (Å²) in [5, 5.41) is 21.6. The molecule has 12 heteroatoms. The summed E-state index contributed by atoms with van der Waals surface area (Å²) in [5.41, 5.74) is 2.86. The van der Waals surface area contributed by atoms with Gasteiger partial charge in [0, 0.05) is 38.9 Å². The summed E-state index contributed by atoms with van der Waals surface area (Å²) in [5.74, 6) is 5.95. The molecule has 2 unspecified atom stereocenters. The Kier molecular flexibility index (Phi) is 31.7. The summed E-state index contributed by atoms with van der Waals surface area (Å²) in [6, 6.07) is 21.6. The third-order valence-corrected chi connectivity index (χ3v) is 15.7. The van der Waals surface area contributed by atoms with Gasteiger partial charge in [-0.25, -0.2) is 0 Å². The zero-order chi connectivity index (χ0) is 49.9. The molecular formula is C54H90O10S2. The molecule has 0 aromatic heterocycles. The van der Waals surface area contributed by atoms with E-state index in [-0.39, 0.29) is 42.7 Å². The maximum atomic E-state index is 10.8. The molecule has 2 saturated heterocycles. The Labute approximate surface area is 408 Å². The van der Waals surface area contributed by atoms with Crippen molar-refractivity contribution in [1.29, 1.82) is 0 Å². The molecule has 2 aromatic carbocycles.